The summed E-state index contributed by atoms with van der Waals surface area (Å²) in [4.78, 5) is 4.26. The predicted octanol–water partition coefficient (Wildman–Crippen LogP) is 3.09. The summed E-state index contributed by atoms with van der Waals surface area (Å²) in [5, 5.41) is 3.31. The normalized spacial score (nSPS) is 12.0. The molecular formula is C16H19FN2O2. The molecule has 0 aliphatic rings. The van der Waals surface area contributed by atoms with Gasteiger partial charge in [-0.25, -0.2) is 4.39 Å². The number of nitrogens with zero attached hydrogens (tertiary/aromatic N) is 1. The Balaban J connectivity index is 2.00. The SMILES string of the molecule is COc1ccnc(CN[C@@H](C)c2ccc(OC)c(F)c2)c1. The summed E-state index contributed by atoms with van der Waals surface area (Å²) >= 11 is 0. The summed E-state index contributed by atoms with van der Waals surface area (Å²) in [6, 6.07) is 8.62. The van der Waals surface area contributed by atoms with Gasteiger partial charge in [-0.05, 0) is 30.7 Å². The molecule has 0 amide bonds. The first kappa shape index (κ1) is 15.3. The highest BCUT2D eigenvalue weighted by molar-refractivity contribution is 5.31. The van der Waals surface area contributed by atoms with Crippen LogP contribution in [0.3, 0.4) is 0 Å². The number of pyridine rings is 1. The fraction of sp³-hybridized carbons (Fsp3) is 0.312. The monoisotopic (exact) mass is 290 g/mol. The van der Waals surface area contributed by atoms with Gasteiger partial charge in [0.15, 0.2) is 11.6 Å². The molecule has 1 atom stereocenters. The molecule has 0 bridgehead atoms. The lowest BCUT2D eigenvalue weighted by Gasteiger charge is -2.15. The van der Waals surface area contributed by atoms with E-state index in [2.05, 4.69) is 10.3 Å². The van der Waals surface area contributed by atoms with Crippen LogP contribution in [0.1, 0.15) is 24.2 Å². The van der Waals surface area contributed by atoms with Crippen LogP contribution in [-0.4, -0.2) is 19.2 Å². The Morgan fingerprint density at radius 3 is 2.67 bits per heavy atom. The van der Waals surface area contributed by atoms with Gasteiger partial charge in [-0.3, -0.25) is 4.98 Å². The number of halogens is 1. The summed E-state index contributed by atoms with van der Waals surface area (Å²) in [5.41, 5.74) is 1.73. The number of benzene rings is 1. The van der Waals surface area contributed by atoms with Crippen molar-refractivity contribution >= 4 is 0 Å². The average Bonchev–Trinajstić information content (AvgIpc) is 2.52. The second kappa shape index (κ2) is 7.04. The fourth-order valence-electron chi connectivity index (χ4n) is 2.01. The van der Waals surface area contributed by atoms with Gasteiger partial charge in [-0.1, -0.05) is 6.07 Å². The largest absolute Gasteiger partial charge is 0.497 e. The topological polar surface area (TPSA) is 43.4 Å². The second-order valence-corrected chi connectivity index (χ2v) is 4.68. The molecule has 0 aliphatic carbocycles. The van der Waals surface area contributed by atoms with Crippen molar-refractivity contribution in [3.8, 4) is 11.5 Å². The first-order valence-electron chi connectivity index (χ1n) is 6.69. The number of hydrogen-bond acceptors (Lipinski definition) is 4. The van der Waals surface area contributed by atoms with Gasteiger partial charge >= 0.3 is 0 Å². The lowest BCUT2D eigenvalue weighted by molar-refractivity contribution is 0.385. The molecule has 5 heteroatoms. The van der Waals surface area contributed by atoms with Gasteiger partial charge in [0.1, 0.15) is 5.75 Å². The van der Waals surface area contributed by atoms with Gasteiger partial charge in [0.25, 0.3) is 0 Å². The summed E-state index contributed by atoms with van der Waals surface area (Å²) in [6.07, 6.45) is 1.70. The van der Waals surface area contributed by atoms with Crippen molar-refractivity contribution in [1.29, 1.82) is 0 Å². The predicted molar refractivity (Wildman–Crippen MR) is 79.0 cm³/mol. The highest BCUT2D eigenvalue weighted by Crippen LogP contribution is 2.22. The number of hydrogen-bond donors (Lipinski definition) is 1. The summed E-state index contributed by atoms with van der Waals surface area (Å²) in [7, 11) is 3.07. The van der Waals surface area contributed by atoms with E-state index in [9.17, 15) is 4.39 Å². The smallest absolute Gasteiger partial charge is 0.165 e. The first-order valence-corrected chi connectivity index (χ1v) is 6.69. The van der Waals surface area contributed by atoms with E-state index in [1.807, 2.05) is 19.1 Å². The van der Waals surface area contributed by atoms with Crippen LogP contribution in [0, 0.1) is 5.82 Å². The number of nitrogens with one attached hydrogen (secondary N) is 1. The van der Waals surface area contributed by atoms with Crippen LogP contribution in [0.15, 0.2) is 36.5 Å². The maximum Gasteiger partial charge on any atom is 0.165 e. The van der Waals surface area contributed by atoms with Crippen molar-refractivity contribution in [2.24, 2.45) is 0 Å². The van der Waals surface area contributed by atoms with Crippen LogP contribution in [0.5, 0.6) is 11.5 Å². The van der Waals surface area contributed by atoms with E-state index in [1.165, 1.54) is 13.2 Å². The van der Waals surface area contributed by atoms with Gasteiger partial charge in [-0.15, -0.1) is 0 Å². The Morgan fingerprint density at radius 1 is 1.19 bits per heavy atom. The Bertz CT molecular complexity index is 605. The van der Waals surface area contributed by atoms with Crippen molar-refractivity contribution < 1.29 is 13.9 Å². The number of methoxy groups -OCH3 is 2. The highest BCUT2D eigenvalue weighted by atomic mass is 19.1. The molecule has 21 heavy (non-hydrogen) atoms. The summed E-state index contributed by atoms with van der Waals surface area (Å²) in [5.74, 6) is 0.661. The Kier molecular flexibility index (Phi) is 5.11. The van der Waals surface area contributed by atoms with E-state index in [4.69, 9.17) is 9.47 Å². The molecule has 1 aromatic carbocycles. The van der Waals surface area contributed by atoms with Gasteiger partial charge < -0.3 is 14.8 Å². The van der Waals surface area contributed by atoms with Gasteiger partial charge in [0.2, 0.25) is 0 Å². The van der Waals surface area contributed by atoms with Gasteiger partial charge in [-0.2, -0.15) is 0 Å². The molecule has 0 saturated carbocycles. The zero-order valence-electron chi connectivity index (χ0n) is 12.4. The third-order valence-electron chi connectivity index (χ3n) is 3.29. The van der Waals surface area contributed by atoms with Crippen molar-refractivity contribution in [2.45, 2.75) is 19.5 Å². The van der Waals surface area contributed by atoms with E-state index < -0.39 is 0 Å². The van der Waals surface area contributed by atoms with Crippen LogP contribution < -0.4 is 14.8 Å². The molecule has 1 N–H and O–H groups in total. The van der Waals surface area contributed by atoms with Crippen molar-refractivity contribution in [3.05, 3.63) is 53.6 Å². The zero-order chi connectivity index (χ0) is 15.2. The molecule has 2 rings (SSSR count). The number of aromatic nitrogens is 1. The quantitative estimate of drug-likeness (QED) is 0.888. The maximum absolute atomic E-state index is 13.7. The van der Waals surface area contributed by atoms with Crippen LogP contribution in [0.4, 0.5) is 4.39 Å². The average molecular weight is 290 g/mol. The molecule has 4 nitrogen and oxygen atoms in total. The molecule has 1 heterocycles. The van der Waals surface area contributed by atoms with E-state index in [0.717, 1.165) is 17.0 Å². The third kappa shape index (κ3) is 3.92. The Hall–Kier alpha value is -2.14. The highest BCUT2D eigenvalue weighted by Gasteiger charge is 2.09. The Morgan fingerprint density at radius 2 is 2.00 bits per heavy atom. The van der Waals surface area contributed by atoms with E-state index in [-0.39, 0.29) is 17.6 Å². The molecule has 0 radical (unpaired) electrons. The molecule has 112 valence electrons. The minimum atomic E-state index is -0.358. The fourth-order valence-corrected chi connectivity index (χ4v) is 2.01. The summed E-state index contributed by atoms with van der Waals surface area (Å²) in [6.45, 7) is 2.55. The van der Waals surface area contributed by atoms with Crippen LogP contribution >= 0.6 is 0 Å². The van der Waals surface area contributed by atoms with Crippen molar-refractivity contribution in [2.75, 3.05) is 14.2 Å². The van der Waals surface area contributed by atoms with Crippen molar-refractivity contribution in [3.63, 3.8) is 0 Å². The minimum absolute atomic E-state index is 0.00147. The van der Waals surface area contributed by atoms with E-state index in [1.54, 1.807) is 25.4 Å². The van der Waals surface area contributed by atoms with E-state index in [0.29, 0.717) is 6.54 Å². The summed E-state index contributed by atoms with van der Waals surface area (Å²) < 4.78 is 23.8. The van der Waals surface area contributed by atoms with Crippen LogP contribution in [-0.2, 0) is 6.54 Å². The lowest BCUT2D eigenvalue weighted by Crippen LogP contribution is -2.19. The Labute approximate surface area is 123 Å². The molecule has 0 aliphatic heterocycles. The standard InChI is InChI=1S/C16H19FN2O2/c1-11(12-4-5-16(21-3)15(17)8-12)19-10-13-9-14(20-2)6-7-18-13/h4-9,11,19H,10H2,1-3H3/t11-/m0/s1. The molecule has 0 spiro atoms. The molecule has 0 unspecified atom stereocenters. The first-order chi connectivity index (χ1) is 10.1. The number of rotatable bonds is 6. The minimum Gasteiger partial charge on any atom is -0.497 e. The molecule has 0 saturated heterocycles. The second-order valence-electron chi connectivity index (χ2n) is 4.68. The maximum atomic E-state index is 13.7. The van der Waals surface area contributed by atoms with Gasteiger partial charge in [0, 0.05) is 24.8 Å². The van der Waals surface area contributed by atoms with Crippen LogP contribution in [0.2, 0.25) is 0 Å². The molecule has 1 aromatic heterocycles. The van der Waals surface area contributed by atoms with E-state index >= 15 is 0 Å². The van der Waals surface area contributed by atoms with Crippen LogP contribution in [0.25, 0.3) is 0 Å². The molecular weight excluding hydrogens is 271 g/mol. The zero-order valence-corrected chi connectivity index (χ0v) is 12.4. The molecule has 0 fully saturated rings. The molecule has 2 aromatic rings. The van der Waals surface area contributed by atoms with Gasteiger partial charge in [0.05, 0.1) is 19.9 Å². The third-order valence-corrected chi connectivity index (χ3v) is 3.29. The van der Waals surface area contributed by atoms with Crippen molar-refractivity contribution in [1.82, 2.24) is 10.3 Å². The lowest BCUT2D eigenvalue weighted by atomic mass is 10.1. The number of ether oxygens (including phenoxy) is 2.